The zero-order valence-electron chi connectivity index (χ0n) is 15.0. The third-order valence-corrected chi connectivity index (χ3v) is 3.72. The highest BCUT2D eigenvalue weighted by Gasteiger charge is 2.16. The van der Waals surface area contributed by atoms with Crippen LogP contribution >= 0.6 is 0 Å². The van der Waals surface area contributed by atoms with Crippen molar-refractivity contribution in [3.8, 4) is 23.0 Å². The van der Waals surface area contributed by atoms with Crippen LogP contribution in [0.1, 0.15) is 11.7 Å². The van der Waals surface area contributed by atoms with Gasteiger partial charge in [-0.05, 0) is 30.3 Å². The van der Waals surface area contributed by atoms with Crippen molar-refractivity contribution < 1.29 is 28.8 Å². The van der Waals surface area contributed by atoms with Gasteiger partial charge < -0.3 is 29.4 Å². The molecule has 0 radical (unpaired) electrons. The number of aliphatic hydroxyl groups excluding tert-OH is 1. The van der Waals surface area contributed by atoms with Crippen molar-refractivity contribution in [1.82, 2.24) is 5.32 Å². The summed E-state index contributed by atoms with van der Waals surface area (Å²) in [6.07, 6.45) is -0.949. The van der Waals surface area contributed by atoms with Crippen LogP contribution in [-0.4, -0.2) is 45.5 Å². The largest absolute Gasteiger partial charge is 0.497 e. The van der Waals surface area contributed by atoms with Crippen LogP contribution in [0.15, 0.2) is 42.5 Å². The van der Waals surface area contributed by atoms with E-state index in [-0.39, 0.29) is 19.1 Å². The highest BCUT2D eigenvalue weighted by atomic mass is 16.5. The van der Waals surface area contributed by atoms with Crippen LogP contribution in [0.4, 0.5) is 0 Å². The van der Waals surface area contributed by atoms with Crippen molar-refractivity contribution >= 4 is 5.91 Å². The molecule has 1 atom stereocenters. The van der Waals surface area contributed by atoms with Gasteiger partial charge in [-0.1, -0.05) is 12.1 Å². The number of carbonyl (C=O) groups excluding carboxylic acids is 1. The molecule has 2 aromatic rings. The molecule has 0 spiro atoms. The van der Waals surface area contributed by atoms with E-state index >= 15 is 0 Å². The molecule has 140 valence electrons. The predicted octanol–water partition coefficient (Wildman–Crippen LogP) is 1.94. The van der Waals surface area contributed by atoms with Crippen LogP contribution in [-0.2, 0) is 4.79 Å². The standard InChI is InChI=1S/C19H23NO6/c1-23-13-8-9-16(24-2)14(10-13)15(21)11-20-19(22)12-26-18-7-5-4-6-17(18)25-3/h4-10,15,21H,11-12H2,1-3H3,(H,20,22). The minimum atomic E-state index is -0.949. The Morgan fingerprint density at radius 1 is 1.00 bits per heavy atom. The van der Waals surface area contributed by atoms with Crippen LogP contribution in [0.25, 0.3) is 0 Å². The summed E-state index contributed by atoms with van der Waals surface area (Å²) >= 11 is 0. The Morgan fingerprint density at radius 2 is 1.69 bits per heavy atom. The molecular weight excluding hydrogens is 338 g/mol. The molecule has 0 heterocycles. The van der Waals surface area contributed by atoms with E-state index in [1.165, 1.54) is 21.3 Å². The Kier molecular flexibility index (Phi) is 7.11. The van der Waals surface area contributed by atoms with Crippen molar-refractivity contribution in [2.75, 3.05) is 34.5 Å². The van der Waals surface area contributed by atoms with Crippen LogP contribution in [0.3, 0.4) is 0 Å². The number of nitrogens with one attached hydrogen (secondary N) is 1. The zero-order valence-corrected chi connectivity index (χ0v) is 15.0. The number of benzene rings is 2. The fourth-order valence-corrected chi connectivity index (χ4v) is 2.35. The second kappa shape index (κ2) is 9.53. The number of hydrogen-bond donors (Lipinski definition) is 2. The third kappa shape index (κ3) is 5.03. The number of aliphatic hydroxyl groups is 1. The van der Waals surface area contributed by atoms with E-state index in [1.54, 1.807) is 36.4 Å². The van der Waals surface area contributed by atoms with Crippen LogP contribution in [0, 0.1) is 0 Å². The maximum atomic E-state index is 12.0. The summed E-state index contributed by atoms with van der Waals surface area (Å²) in [5, 5.41) is 13.0. The van der Waals surface area contributed by atoms with Crippen molar-refractivity contribution in [2.24, 2.45) is 0 Å². The summed E-state index contributed by atoms with van der Waals surface area (Å²) in [6.45, 7) is -0.181. The van der Waals surface area contributed by atoms with Crippen molar-refractivity contribution in [3.63, 3.8) is 0 Å². The smallest absolute Gasteiger partial charge is 0.258 e. The number of methoxy groups -OCH3 is 3. The highest BCUT2D eigenvalue weighted by molar-refractivity contribution is 5.77. The van der Waals surface area contributed by atoms with E-state index in [4.69, 9.17) is 18.9 Å². The summed E-state index contributed by atoms with van der Waals surface area (Å²) in [4.78, 5) is 12.0. The molecule has 1 amide bonds. The molecule has 0 aliphatic heterocycles. The van der Waals surface area contributed by atoms with E-state index in [0.717, 1.165) is 0 Å². The number of para-hydroxylation sites is 2. The summed E-state index contributed by atoms with van der Waals surface area (Å²) in [5.41, 5.74) is 0.526. The van der Waals surface area contributed by atoms with Crippen LogP contribution < -0.4 is 24.3 Å². The lowest BCUT2D eigenvalue weighted by Gasteiger charge is -2.17. The molecule has 0 aliphatic carbocycles. The van der Waals surface area contributed by atoms with Gasteiger partial charge in [-0.2, -0.15) is 0 Å². The molecular formula is C19H23NO6. The minimum Gasteiger partial charge on any atom is -0.497 e. The lowest BCUT2D eigenvalue weighted by molar-refractivity contribution is -0.123. The molecule has 2 rings (SSSR count). The van der Waals surface area contributed by atoms with Gasteiger partial charge in [-0.25, -0.2) is 0 Å². The molecule has 0 aromatic heterocycles. The van der Waals surface area contributed by atoms with Gasteiger partial charge in [-0.3, -0.25) is 4.79 Å². The molecule has 0 bridgehead atoms. The molecule has 0 aliphatic rings. The molecule has 2 N–H and O–H groups in total. The molecule has 0 fully saturated rings. The van der Waals surface area contributed by atoms with Gasteiger partial charge in [0.05, 0.1) is 27.4 Å². The maximum Gasteiger partial charge on any atom is 0.258 e. The molecule has 1 unspecified atom stereocenters. The quantitative estimate of drug-likeness (QED) is 0.710. The van der Waals surface area contributed by atoms with Crippen LogP contribution in [0.2, 0.25) is 0 Å². The molecule has 26 heavy (non-hydrogen) atoms. The number of amides is 1. The molecule has 7 heteroatoms. The first kappa shape index (κ1) is 19.4. The Bertz CT molecular complexity index is 734. The van der Waals surface area contributed by atoms with E-state index < -0.39 is 6.10 Å². The summed E-state index contributed by atoms with van der Waals surface area (Å²) in [6, 6.07) is 12.1. The van der Waals surface area contributed by atoms with E-state index in [9.17, 15) is 9.90 Å². The Morgan fingerprint density at radius 3 is 2.35 bits per heavy atom. The van der Waals surface area contributed by atoms with Gasteiger partial charge in [0.2, 0.25) is 0 Å². The minimum absolute atomic E-state index is 0.0116. The SMILES string of the molecule is COc1ccc(OC)c(C(O)CNC(=O)COc2ccccc2OC)c1. The average molecular weight is 361 g/mol. The lowest BCUT2D eigenvalue weighted by Crippen LogP contribution is -2.32. The normalized spacial score (nSPS) is 11.4. The second-order valence-corrected chi connectivity index (χ2v) is 5.37. The topological polar surface area (TPSA) is 86.2 Å². The summed E-state index contributed by atoms with van der Waals surface area (Å²) < 4.78 is 21.0. The second-order valence-electron chi connectivity index (χ2n) is 5.37. The summed E-state index contributed by atoms with van der Waals surface area (Å²) in [7, 11) is 4.58. The number of carbonyl (C=O) groups is 1. The monoisotopic (exact) mass is 361 g/mol. The average Bonchev–Trinajstić information content (AvgIpc) is 2.69. The maximum absolute atomic E-state index is 12.0. The van der Waals surface area contributed by atoms with Crippen molar-refractivity contribution in [2.45, 2.75) is 6.10 Å². The predicted molar refractivity (Wildman–Crippen MR) is 96.0 cm³/mol. The molecule has 2 aromatic carbocycles. The van der Waals surface area contributed by atoms with E-state index in [1.807, 2.05) is 6.07 Å². The van der Waals surface area contributed by atoms with Gasteiger partial charge >= 0.3 is 0 Å². The third-order valence-electron chi connectivity index (χ3n) is 3.72. The van der Waals surface area contributed by atoms with Crippen molar-refractivity contribution in [3.05, 3.63) is 48.0 Å². The van der Waals surface area contributed by atoms with E-state index in [2.05, 4.69) is 5.32 Å². The Hall–Kier alpha value is -2.93. The number of ether oxygens (including phenoxy) is 4. The first-order chi connectivity index (χ1) is 12.6. The van der Waals surface area contributed by atoms with Gasteiger partial charge in [0.1, 0.15) is 11.5 Å². The van der Waals surface area contributed by atoms with Gasteiger partial charge in [0, 0.05) is 12.1 Å². The Balaban J connectivity index is 1.90. The zero-order chi connectivity index (χ0) is 18.9. The molecule has 0 saturated heterocycles. The lowest BCUT2D eigenvalue weighted by atomic mass is 10.1. The van der Waals surface area contributed by atoms with Gasteiger partial charge in [0.25, 0.3) is 5.91 Å². The fourth-order valence-electron chi connectivity index (χ4n) is 2.35. The van der Waals surface area contributed by atoms with Crippen molar-refractivity contribution in [1.29, 1.82) is 0 Å². The fraction of sp³-hybridized carbons (Fsp3) is 0.316. The number of hydrogen-bond acceptors (Lipinski definition) is 6. The van der Waals surface area contributed by atoms with E-state index in [0.29, 0.717) is 28.6 Å². The highest BCUT2D eigenvalue weighted by Crippen LogP contribution is 2.29. The molecule has 0 saturated carbocycles. The summed E-state index contributed by atoms with van der Waals surface area (Å²) in [5.74, 6) is 1.75. The Labute approximate surface area is 152 Å². The van der Waals surface area contributed by atoms with Crippen LogP contribution in [0.5, 0.6) is 23.0 Å². The molecule has 7 nitrogen and oxygen atoms in total. The number of rotatable bonds is 9. The van der Waals surface area contributed by atoms with Gasteiger partial charge in [0.15, 0.2) is 18.1 Å². The first-order valence-corrected chi connectivity index (χ1v) is 8.01. The van der Waals surface area contributed by atoms with Gasteiger partial charge in [-0.15, -0.1) is 0 Å². The first-order valence-electron chi connectivity index (χ1n) is 8.01.